The number of hydrogen-bond acceptors (Lipinski definition) is 2. The summed E-state index contributed by atoms with van der Waals surface area (Å²) in [5.74, 6) is 0.965. The summed E-state index contributed by atoms with van der Waals surface area (Å²) in [7, 11) is 0. The van der Waals surface area contributed by atoms with Crippen molar-refractivity contribution in [2.24, 2.45) is 5.73 Å². The zero-order valence-electron chi connectivity index (χ0n) is 11.5. The Bertz CT molecular complexity index is 653. The highest BCUT2D eigenvalue weighted by Crippen LogP contribution is 2.23. The Morgan fingerprint density at radius 1 is 1.15 bits per heavy atom. The van der Waals surface area contributed by atoms with E-state index in [0.717, 1.165) is 32.5 Å². The van der Waals surface area contributed by atoms with Crippen molar-refractivity contribution < 1.29 is 4.74 Å². The smallest absolute Gasteiger partial charge is 0.122 e. The molecule has 0 saturated heterocycles. The Morgan fingerprint density at radius 2 is 1.90 bits per heavy atom. The van der Waals surface area contributed by atoms with Crippen LogP contribution in [0.3, 0.4) is 0 Å². The van der Waals surface area contributed by atoms with Crippen molar-refractivity contribution in [2.75, 3.05) is 0 Å². The monoisotopic (exact) mass is 332 g/mol. The molecule has 0 saturated carbocycles. The van der Waals surface area contributed by atoms with Crippen molar-refractivity contribution in [2.45, 2.75) is 20.5 Å². The summed E-state index contributed by atoms with van der Waals surface area (Å²) < 4.78 is 6.90. The van der Waals surface area contributed by atoms with E-state index in [4.69, 9.17) is 15.9 Å². The number of ether oxygens (including phenoxy) is 1. The highest BCUT2D eigenvalue weighted by Gasteiger charge is 2.05. The lowest BCUT2D eigenvalue weighted by Gasteiger charge is -2.12. The molecule has 0 unspecified atom stereocenters. The molecule has 3 nitrogen and oxygen atoms in total. The zero-order valence-corrected chi connectivity index (χ0v) is 13.1. The molecule has 20 heavy (non-hydrogen) atoms. The van der Waals surface area contributed by atoms with Gasteiger partial charge in [0.25, 0.3) is 0 Å². The van der Waals surface area contributed by atoms with E-state index in [9.17, 15) is 0 Å². The maximum Gasteiger partial charge on any atom is 0.122 e. The molecule has 3 N–H and O–H groups in total. The van der Waals surface area contributed by atoms with E-state index in [-0.39, 0.29) is 5.84 Å². The van der Waals surface area contributed by atoms with Gasteiger partial charge < -0.3 is 10.5 Å². The van der Waals surface area contributed by atoms with Crippen LogP contribution in [0.25, 0.3) is 0 Å². The highest BCUT2D eigenvalue weighted by molar-refractivity contribution is 9.10. The lowest BCUT2D eigenvalue weighted by atomic mass is 10.1. The Labute approximate surface area is 127 Å². The summed E-state index contributed by atoms with van der Waals surface area (Å²) in [4.78, 5) is 0. The van der Waals surface area contributed by atoms with Crippen molar-refractivity contribution in [3.8, 4) is 5.75 Å². The molecule has 0 aliphatic carbocycles. The number of aryl methyl sites for hydroxylation is 2. The van der Waals surface area contributed by atoms with Crippen molar-refractivity contribution >= 4 is 21.8 Å². The van der Waals surface area contributed by atoms with Crippen LogP contribution < -0.4 is 10.5 Å². The Hall–Kier alpha value is -1.81. The van der Waals surface area contributed by atoms with E-state index >= 15 is 0 Å². The molecule has 4 heteroatoms. The first-order valence-corrected chi connectivity index (χ1v) is 7.09. The normalized spacial score (nSPS) is 10.3. The van der Waals surface area contributed by atoms with Crippen LogP contribution >= 0.6 is 15.9 Å². The maximum absolute atomic E-state index is 7.43. The zero-order chi connectivity index (χ0) is 14.7. The summed E-state index contributed by atoms with van der Waals surface area (Å²) in [6, 6.07) is 11.7. The predicted octanol–water partition coefficient (Wildman–Crippen LogP) is 3.93. The number of halogens is 1. The lowest BCUT2D eigenvalue weighted by Crippen LogP contribution is -2.11. The second-order valence-corrected chi connectivity index (χ2v) is 5.67. The third-order valence-electron chi connectivity index (χ3n) is 3.17. The average molecular weight is 333 g/mol. The Balaban J connectivity index is 2.13. The van der Waals surface area contributed by atoms with Gasteiger partial charge in [0.1, 0.15) is 18.2 Å². The van der Waals surface area contributed by atoms with Gasteiger partial charge in [-0.15, -0.1) is 0 Å². The van der Waals surface area contributed by atoms with Crippen LogP contribution in [0.5, 0.6) is 5.75 Å². The molecule has 2 aromatic carbocycles. The average Bonchev–Trinajstić information content (AvgIpc) is 2.38. The van der Waals surface area contributed by atoms with Gasteiger partial charge in [-0.05, 0) is 54.8 Å². The first kappa shape index (κ1) is 14.6. The number of nitrogens with one attached hydrogen (secondary N) is 1. The summed E-state index contributed by atoms with van der Waals surface area (Å²) in [5, 5.41) is 7.43. The SMILES string of the molecule is Cc1cc(C(=N)N)ccc1COc1ccc(Br)cc1C. The molecule has 104 valence electrons. The van der Waals surface area contributed by atoms with Crippen LogP contribution in [0, 0.1) is 19.3 Å². The number of benzene rings is 2. The molecule has 0 fully saturated rings. The fraction of sp³-hybridized carbons (Fsp3) is 0.188. The first-order valence-electron chi connectivity index (χ1n) is 6.30. The molecular formula is C16H17BrN2O. The van der Waals surface area contributed by atoms with Crippen LogP contribution in [-0.2, 0) is 6.61 Å². The van der Waals surface area contributed by atoms with Crippen LogP contribution in [0.15, 0.2) is 40.9 Å². The van der Waals surface area contributed by atoms with Gasteiger partial charge in [0, 0.05) is 10.0 Å². The number of hydrogen-bond donors (Lipinski definition) is 2. The molecular weight excluding hydrogens is 316 g/mol. The standard InChI is InChI=1S/C16H17BrN2O/c1-10-7-12(16(18)19)3-4-13(10)9-20-15-6-5-14(17)8-11(15)2/h3-8H,9H2,1-2H3,(H3,18,19). The van der Waals surface area contributed by atoms with E-state index in [0.29, 0.717) is 6.61 Å². The Morgan fingerprint density at radius 3 is 2.50 bits per heavy atom. The van der Waals surface area contributed by atoms with E-state index in [1.807, 2.05) is 50.2 Å². The summed E-state index contributed by atoms with van der Waals surface area (Å²) in [5.41, 5.74) is 9.49. The van der Waals surface area contributed by atoms with Crippen LogP contribution in [-0.4, -0.2) is 5.84 Å². The lowest BCUT2D eigenvalue weighted by molar-refractivity contribution is 0.303. The van der Waals surface area contributed by atoms with Crippen LogP contribution in [0.4, 0.5) is 0 Å². The number of rotatable bonds is 4. The minimum Gasteiger partial charge on any atom is -0.489 e. The van der Waals surface area contributed by atoms with E-state index in [2.05, 4.69) is 15.9 Å². The predicted molar refractivity (Wildman–Crippen MR) is 85.4 cm³/mol. The maximum atomic E-state index is 7.43. The topological polar surface area (TPSA) is 59.1 Å². The van der Waals surface area contributed by atoms with Gasteiger partial charge in [-0.1, -0.05) is 28.1 Å². The largest absolute Gasteiger partial charge is 0.489 e. The van der Waals surface area contributed by atoms with Gasteiger partial charge in [-0.2, -0.15) is 0 Å². The second-order valence-electron chi connectivity index (χ2n) is 4.75. The third-order valence-corrected chi connectivity index (χ3v) is 3.67. The summed E-state index contributed by atoms with van der Waals surface area (Å²) in [6.07, 6.45) is 0. The molecule has 2 aromatic rings. The highest BCUT2D eigenvalue weighted by atomic mass is 79.9. The summed E-state index contributed by atoms with van der Waals surface area (Å²) in [6.45, 7) is 4.53. The fourth-order valence-corrected chi connectivity index (χ4v) is 2.43. The number of nitrogen functional groups attached to an aromatic ring is 1. The molecule has 0 heterocycles. The molecule has 0 amide bonds. The van der Waals surface area contributed by atoms with Gasteiger partial charge in [0.15, 0.2) is 0 Å². The van der Waals surface area contributed by atoms with Crippen molar-refractivity contribution in [3.63, 3.8) is 0 Å². The molecule has 0 aliphatic heterocycles. The fourth-order valence-electron chi connectivity index (χ4n) is 1.96. The van der Waals surface area contributed by atoms with E-state index in [1.54, 1.807) is 0 Å². The first-order chi connectivity index (χ1) is 9.47. The van der Waals surface area contributed by atoms with Crippen LogP contribution in [0.2, 0.25) is 0 Å². The molecule has 0 aliphatic rings. The molecule has 0 spiro atoms. The van der Waals surface area contributed by atoms with Crippen molar-refractivity contribution in [1.82, 2.24) is 0 Å². The molecule has 0 atom stereocenters. The van der Waals surface area contributed by atoms with Gasteiger partial charge in [-0.25, -0.2) is 0 Å². The van der Waals surface area contributed by atoms with Crippen molar-refractivity contribution in [3.05, 3.63) is 63.1 Å². The van der Waals surface area contributed by atoms with Gasteiger partial charge in [0.05, 0.1) is 0 Å². The number of nitrogens with two attached hydrogens (primary N) is 1. The van der Waals surface area contributed by atoms with Gasteiger partial charge in [-0.3, -0.25) is 5.41 Å². The number of amidine groups is 1. The Kier molecular flexibility index (Phi) is 4.45. The quantitative estimate of drug-likeness (QED) is 0.658. The van der Waals surface area contributed by atoms with Crippen LogP contribution in [0.1, 0.15) is 22.3 Å². The summed E-state index contributed by atoms with van der Waals surface area (Å²) >= 11 is 3.44. The third kappa shape index (κ3) is 3.39. The van der Waals surface area contributed by atoms with E-state index < -0.39 is 0 Å². The van der Waals surface area contributed by atoms with Gasteiger partial charge >= 0.3 is 0 Å². The molecule has 0 radical (unpaired) electrons. The molecule has 2 rings (SSSR count). The molecule has 0 aromatic heterocycles. The van der Waals surface area contributed by atoms with E-state index in [1.165, 1.54) is 0 Å². The molecule has 0 bridgehead atoms. The van der Waals surface area contributed by atoms with Gasteiger partial charge in [0.2, 0.25) is 0 Å². The minimum atomic E-state index is 0.0873. The second kappa shape index (κ2) is 6.09. The minimum absolute atomic E-state index is 0.0873. The van der Waals surface area contributed by atoms with Crippen molar-refractivity contribution in [1.29, 1.82) is 5.41 Å².